The lowest BCUT2D eigenvalue weighted by atomic mass is 9.91. The first-order valence-electron chi connectivity index (χ1n) is 5.58. The van der Waals surface area contributed by atoms with E-state index in [0.717, 1.165) is 5.56 Å². The minimum absolute atomic E-state index is 0.471. The highest BCUT2D eigenvalue weighted by Crippen LogP contribution is 2.21. The maximum Gasteiger partial charge on any atom is 0.0389 e. The molecule has 15 heavy (non-hydrogen) atoms. The van der Waals surface area contributed by atoms with Gasteiger partial charge in [-0.25, -0.2) is 0 Å². The molecule has 0 aliphatic heterocycles. The van der Waals surface area contributed by atoms with E-state index in [1.807, 2.05) is 18.2 Å². The molecule has 0 aromatic heterocycles. The van der Waals surface area contributed by atoms with Gasteiger partial charge in [-0.15, -0.1) is 0 Å². The van der Waals surface area contributed by atoms with Gasteiger partial charge in [-0.1, -0.05) is 41.7 Å². The van der Waals surface area contributed by atoms with Crippen molar-refractivity contribution < 1.29 is 0 Å². The van der Waals surface area contributed by atoms with Gasteiger partial charge < -0.3 is 0 Å². The molecule has 0 heteroatoms. The SMILES string of the molecule is CC1=C[C@@H](C#Cc2ccccc2)CCC1. The summed E-state index contributed by atoms with van der Waals surface area (Å²) in [6.45, 7) is 2.20. The summed E-state index contributed by atoms with van der Waals surface area (Å²) in [4.78, 5) is 0. The van der Waals surface area contributed by atoms with Crippen LogP contribution in [-0.2, 0) is 0 Å². The Hall–Kier alpha value is -1.48. The topological polar surface area (TPSA) is 0 Å². The van der Waals surface area contributed by atoms with E-state index in [1.165, 1.54) is 24.8 Å². The van der Waals surface area contributed by atoms with Crippen molar-refractivity contribution in [3.05, 3.63) is 47.5 Å². The molecular weight excluding hydrogens is 180 g/mol. The normalized spacial score (nSPS) is 20.1. The largest absolute Gasteiger partial charge is 0.0903 e. The van der Waals surface area contributed by atoms with Crippen LogP contribution in [0.2, 0.25) is 0 Å². The van der Waals surface area contributed by atoms with Gasteiger partial charge in [0.25, 0.3) is 0 Å². The first kappa shape index (κ1) is 10.1. The van der Waals surface area contributed by atoms with Crippen LogP contribution in [0, 0.1) is 17.8 Å². The van der Waals surface area contributed by atoms with Gasteiger partial charge >= 0.3 is 0 Å². The predicted molar refractivity (Wildman–Crippen MR) is 64.4 cm³/mol. The van der Waals surface area contributed by atoms with Gasteiger partial charge in [-0.3, -0.25) is 0 Å². The molecule has 0 saturated heterocycles. The number of hydrogen-bond donors (Lipinski definition) is 0. The van der Waals surface area contributed by atoms with Crippen LogP contribution in [0.15, 0.2) is 42.0 Å². The van der Waals surface area contributed by atoms with E-state index in [0.29, 0.717) is 5.92 Å². The smallest absolute Gasteiger partial charge is 0.0389 e. The molecule has 0 spiro atoms. The average molecular weight is 196 g/mol. The molecule has 0 saturated carbocycles. The summed E-state index contributed by atoms with van der Waals surface area (Å²) in [6, 6.07) is 10.2. The standard InChI is InChI=1S/C15H16/c1-13-6-5-9-15(12-13)11-10-14-7-3-2-4-8-14/h2-4,7-8,12,15H,5-6,9H2,1H3/t15-/m1/s1. The van der Waals surface area contributed by atoms with Crippen molar-refractivity contribution in [2.24, 2.45) is 5.92 Å². The van der Waals surface area contributed by atoms with Crippen molar-refractivity contribution >= 4 is 0 Å². The van der Waals surface area contributed by atoms with Crippen LogP contribution in [0.5, 0.6) is 0 Å². The Morgan fingerprint density at radius 1 is 1.20 bits per heavy atom. The van der Waals surface area contributed by atoms with Crippen molar-refractivity contribution in [1.82, 2.24) is 0 Å². The van der Waals surface area contributed by atoms with Gasteiger partial charge in [-0.05, 0) is 38.3 Å². The Bertz CT molecular complexity index is 401. The molecule has 76 valence electrons. The zero-order valence-corrected chi connectivity index (χ0v) is 9.16. The zero-order valence-electron chi connectivity index (χ0n) is 9.16. The molecule has 1 aliphatic rings. The Morgan fingerprint density at radius 2 is 2.00 bits per heavy atom. The lowest BCUT2D eigenvalue weighted by Gasteiger charge is -2.13. The third-order valence-corrected chi connectivity index (χ3v) is 2.75. The van der Waals surface area contributed by atoms with Crippen LogP contribution in [0.4, 0.5) is 0 Å². The second-order valence-electron chi connectivity index (χ2n) is 4.15. The highest BCUT2D eigenvalue weighted by atomic mass is 14.1. The van der Waals surface area contributed by atoms with Gasteiger partial charge in [-0.2, -0.15) is 0 Å². The molecule has 0 bridgehead atoms. The molecule has 0 radical (unpaired) electrons. The lowest BCUT2D eigenvalue weighted by Crippen LogP contribution is -2.00. The fraction of sp³-hybridized carbons (Fsp3) is 0.333. The van der Waals surface area contributed by atoms with Crippen molar-refractivity contribution in [2.75, 3.05) is 0 Å². The molecule has 0 fully saturated rings. The highest BCUT2D eigenvalue weighted by Gasteiger charge is 2.07. The molecule has 1 aromatic rings. The number of hydrogen-bond acceptors (Lipinski definition) is 0. The zero-order chi connectivity index (χ0) is 10.5. The maximum atomic E-state index is 3.34. The Balaban J connectivity index is 2.09. The lowest BCUT2D eigenvalue weighted by molar-refractivity contribution is 0.624. The van der Waals surface area contributed by atoms with E-state index < -0.39 is 0 Å². The summed E-state index contributed by atoms with van der Waals surface area (Å²) < 4.78 is 0. The summed E-state index contributed by atoms with van der Waals surface area (Å²) in [7, 11) is 0. The molecule has 0 N–H and O–H groups in total. The van der Waals surface area contributed by atoms with E-state index in [1.54, 1.807) is 0 Å². The summed E-state index contributed by atoms with van der Waals surface area (Å²) >= 11 is 0. The molecular formula is C15H16. The van der Waals surface area contributed by atoms with Crippen molar-refractivity contribution in [2.45, 2.75) is 26.2 Å². The molecule has 2 rings (SSSR count). The van der Waals surface area contributed by atoms with Crippen LogP contribution >= 0.6 is 0 Å². The first-order valence-corrected chi connectivity index (χ1v) is 5.58. The van der Waals surface area contributed by atoms with Crippen LogP contribution in [0.25, 0.3) is 0 Å². The van der Waals surface area contributed by atoms with E-state index in [9.17, 15) is 0 Å². The monoisotopic (exact) mass is 196 g/mol. The predicted octanol–water partition coefficient (Wildman–Crippen LogP) is 3.78. The fourth-order valence-corrected chi connectivity index (χ4v) is 1.92. The van der Waals surface area contributed by atoms with Crippen molar-refractivity contribution in [3.63, 3.8) is 0 Å². The van der Waals surface area contributed by atoms with E-state index in [4.69, 9.17) is 0 Å². The summed E-state index contributed by atoms with van der Waals surface area (Å²) in [5, 5.41) is 0. The number of allylic oxidation sites excluding steroid dienone is 2. The number of rotatable bonds is 0. The van der Waals surface area contributed by atoms with E-state index >= 15 is 0 Å². The first-order chi connectivity index (χ1) is 7.34. The van der Waals surface area contributed by atoms with Gasteiger partial charge in [0.15, 0.2) is 0 Å². The molecule has 0 amide bonds. The van der Waals surface area contributed by atoms with Crippen molar-refractivity contribution in [3.8, 4) is 11.8 Å². The molecule has 1 aliphatic carbocycles. The minimum atomic E-state index is 0.471. The average Bonchev–Trinajstić information content (AvgIpc) is 2.28. The van der Waals surface area contributed by atoms with E-state index in [-0.39, 0.29) is 0 Å². The van der Waals surface area contributed by atoms with Crippen LogP contribution in [0.1, 0.15) is 31.7 Å². The maximum absolute atomic E-state index is 3.34. The van der Waals surface area contributed by atoms with Crippen LogP contribution in [0.3, 0.4) is 0 Å². The molecule has 0 unspecified atom stereocenters. The molecule has 0 nitrogen and oxygen atoms in total. The fourth-order valence-electron chi connectivity index (χ4n) is 1.92. The second kappa shape index (κ2) is 4.84. The third kappa shape index (κ3) is 2.99. The Morgan fingerprint density at radius 3 is 2.73 bits per heavy atom. The molecule has 1 atom stereocenters. The summed E-state index contributed by atoms with van der Waals surface area (Å²) in [5.41, 5.74) is 2.61. The summed E-state index contributed by atoms with van der Waals surface area (Å²) in [6.07, 6.45) is 6.08. The third-order valence-electron chi connectivity index (χ3n) is 2.75. The van der Waals surface area contributed by atoms with Gasteiger partial charge in [0.2, 0.25) is 0 Å². The number of benzene rings is 1. The molecule has 1 aromatic carbocycles. The second-order valence-corrected chi connectivity index (χ2v) is 4.15. The van der Waals surface area contributed by atoms with Crippen LogP contribution < -0.4 is 0 Å². The van der Waals surface area contributed by atoms with Crippen molar-refractivity contribution in [1.29, 1.82) is 0 Å². The van der Waals surface area contributed by atoms with E-state index in [2.05, 4.69) is 37.0 Å². The van der Waals surface area contributed by atoms with Gasteiger partial charge in [0, 0.05) is 11.5 Å². The Labute approximate surface area is 92.0 Å². The Kier molecular flexibility index (Phi) is 3.25. The summed E-state index contributed by atoms with van der Waals surface area (Å²) in [5.74, 6) is 7.05. The molecule has 0 heterocycles. The quantitative estimate of drug-likeness (QED) is 0.437. The van der Waals surface area contributed by atoms with Crippen LogP contribution in [-0.4, -0.2) is 0 Å². The van der Waals surface area contributed by atoms with Gasteiger partial charge in [0.1, 0.15) is 0 Å². The highest BCUT2D eigenvalue weighted by molar-refractivity contribution is 5.35. The minimum Gasteiger partial charge on any atom is -0.0903 e. The van der Waals surface area contributed by atoms with Gasteiger partial charge in [0.05, 0.1) is 0 Å².